The number of rotatable bonds is 4. The topological polar surface area (TPSA) is 66.4 Å². The van der Waals surface area contributed by atoms with Crippen molar-refractivity contribution in [2.24, 2.45) is 5.92 Å². The summed E-state index contributed by atoms with van der Waals surface area (Å²) in [5.41, 5.74) is -0.813. The molecule has 1 amide bonds. The van der Waals surface area contributed by atoms with Gasteiger partial charge < -0.3 is 10.4 Å². The predicted octanol–water partition coefficient (Wildman–Crippen LogP) is 2.46. The van der Waals surface area contributed by atoms with Crippen LogP contribution in [0.5, 0.6) is 0 Å². The first-order valence-corrected chi connectivity index (χ1v) is 6.80. The Hall–Kier alpha value is -2.10. The van der Waals surface area contributed by atoms with Crippen molar-refractivity contribution in [3.63, 3.8) is 0 Å². The number of carbonyl (C=O) groups excluding carboxylic acids is 1. The molecule has 2 unspecified atom stereocenters. The fourth-order valence-electron chi connectivity index (χ4n) is 2.40. The molecule has 0 heterocycles. The maximum Gasteiger partial charge on any atom is 0.333 e. The summed E-state index contributed by atoms with van der Waals surface area (Å²) in [7, 11) is 0. The van der Waals surface area contributed by atoms with Gasteiger partial charge in [0.2, 0.25) is 5.91 Å². The largest absolute Gasteiger partial charge is 0.479 e. The molecule has 2 rings (SSSR count). The standard InChI is InChI=1S/C16H19NO3/c1-16(15(19)20,13-10-6-3-7-11-13)17-14(18)12-8-4-2-5-9-12/h2-4,6-7,10-12H,5,8-9H2,1H3,(H,17,18)(H,19,20). The minimum Gasteiger partial charge on any atom is -0.479 e. The maximum atomic E-state index is 12.3. The van der Waals surface area contributed by atoms with E-state index >= 15 is 0 Å². The van der Waals surface area contributed by atoms with Crippen LogP contribution in [0.25, 0.3) is 0 Å². The van der Waals surface area contributed by atoms with E-state index in [2.05, 4.69) is 11.4 Å². The van der Waals surface area contributed by atoms with E-state index in [-0.39, 0.29) is 11.8 Å². The van der Waals surface area contributed by atoms with Crippen molar-refractivity contribution < 1.29 is 14.7 Å². The molecule has 0 bridgehead atoms. The van der Waals surface area contributed by atoms with Crippen LogP contribution in [-0.4, -0.2) is 17.0 Å². The first-order valence-electron chi connectivity index (χ1n) is 6.80. The third kappa shape index (κ3) is 2.90. The highest BCUT2D eigenvalue weighted by Crippen LogP contribution is 2.24. The Kier molecular flexibility index (Phi) is 4.23. The summed E-state index contributed by atoms with van der Waals surface area (Å²) in [5.74, 6) is -1.38. The molecule has 1 aliphatic carbocycles. The number of carboxylic acids is 1. The van der Waals surface area contributed by atoms with Crippen molar-refractivity contribution in [3.8, 4) is 0 Å². The number of hydrogen-bond donors (Lipinski definition) is 2. The first-order chi connectivity index (χ1) is 9.54. The third-order valence-electron chi connectivity index (χ3n) is 3.79. The number of allylic oxidation sites excluding steroid dienone is 2. The lowest BCUT2D eigenvalue weighted by Gasteiger charge is -2.29. The summed E-state index contributed by atoms with van der Waals surface area (Å²) in [6.45, 7) is 1.53. The highest BCUT2D eigenvalue weighted by molar-refractivity contribution is 5.88. The Labute approximate surface area is 118 Å². The summed E-state index contributed by atoms with van der Waals surface area (Å²) >= 11 is 0. The molecule has 0 saturated carbocycles. The lowest BCUT2D eigenvalue weighted by Crippen LogP contribution is -2.51. The Morgan fingerprint density at radius 2 is 1.95 bits per heavy atom. The van der Waals surface area contributed by atoms with E-state index in [4.69, 9.17) is 0 Å². The van der Waals surface area contributed by atoms with E-state index in [0.29, 0.717) is 12.0 Å². The van der Waals surface area contributed by atoms with Crippen LogP contribution in [0.1, 0.15) is 31.7 Å². The smallest absolute Gasteiger partial charge is 0.333 e. The Balaban J connectivity index is 2.19. The second-order valence-corrected chi connectivity index (χ2v) is 5.27. The van der Waals surface area contributed by atoms with E-state index in [1.165, 1.54) is 6.92 Å². The molecule has 0 fully saturated rings. The van der Waals surface area contributed by atoms with E-state index in [1.807, 2.05) is 12.1 Å². The van der Waals surface area contributed by atoms with Crippen LogP contribution < -0.4 is 5.32 Å². The molecule has 1 aromatic rings. The van der Waals surface area contributed by atoms with Gasteiger partial charge in [0.1, 0.15) is 0 Å². The van der Waals surface area contributed by atoms with Crippen molar-refractivity contribution >= 4 is 11.9 Å². The number of amides is 1. The van der Waals surface area contributed by atoms with Gasteiger partial charge in [0, 0.05) is 5.92 Å². The molecule has 0 aromatic heterocycles. The van der Waals surface area contributed by atoms with Gasteiger partial charge in [-0.15, -0.1) is 0 Å². The van der Waals surface area contributed by atoms with E-state index in [1.54, 1.807) is 24.3 Å². The number of nitrogens with one attached hydrogen (secondary N) is 1. The zero-order valence-electron chi connectivity index (χ0n) is 11.5. The van der Waals surface area contributed by atoms with E-state index in [0.717, 1.165) is 12.8 Å². The molecule has 0 radical (unpaired) electrons. The van der Waals surface area contributed by atoms with Crippen LogP contribution in [0.15, 0.2) is 42.5 Å². The monoisotopic (exact) mass is 273 g/mol. The van der Waals surface area contributed by atoms with Crippen molar-refractivity contribution in [2.75, 3.05) is 0 Å². The molecular weight excluding hydrogens is 254 g/mol. The average Bonchev–Trinajstić information content (AvgIpc) is 2.48. The van der Waals surface area contributed by atoms with Crippen LogP contribution in [0.4, 0.5) is 0 Å². The van der Waals surface area contributed by atoms with Gasteiger partial charge in [-0.05, 0) is 31.7 Å². The molecule has 2 N–H and O–H groups in total. The lowest BCUT2D eigenvalue weighted by atomic mass is 9.88. The molecule has 106 valence electrons. The summed E-state index contributed by atoms with van der Waals surface area (Å²) in [6.07, 6.45) is 6.35. The summed E-state index contributed by atoms with van der Waals surface area (Å²) in [4.78, 5) is 23.9. The van der Waals surface area contributed by atoms with Crippen LogP contribution >= 0.6 is 0 Å². The quantitative estimate of drug-likeness (QED) is 0.828. The number of hydrogen-bond acceptors (Lipinski definition) is 2. The van der Waals surface area contributed by atoms with Gasteiger partial charge in [0.05, 0.1) is 0 Å². The van der Waals surface area contributed by atoms with Crippen LogP contribution in [0.2, 0.25) is 0 Å². The van der Waals surface area contributed by atoms with Gasteiger partial charge in [0.15, 0.2) is 5.54 Å². The van der Waals surface area contributed by atoms with Crippen molar-refractivity contribution in [2.45, 2.75) is 31.7 Å². The molecule has 4 heteroatoms. The highest BCUT2D eigenvalue weighted by Gasteiger charge is 2.38. The predicted molar refractivity (Wildman–Crippen MR) is 76.1 cm³/mol. The zero-order valence-corrected chi connectivity index (χ0v) is 11.5. The molecule has 2 atom stereocenters. The van der Waals surface area contributed by atoms with Crippen LogP contribution in [0.3, 0.4) is 0 Å². The Morgan fingerprint density at radius 3 is 2.50 bits per heavy atom. The molecule has 0 saturated heterocycles. The van der Waals surface area contributed by atoms with E-state index < -0.39 is 11.5 Å². The molecular formula is C16H19NO3. The van der Waals surface area contributed by atoms with Crippen molar-refractivity contribution in [1.29, 1.82) is 0 Å². The second-order valence-electron chi connectivity index (χ2n) is 5.27. The second kappa shape index (κ2) is 5.90. The summed E-state index contributed by atoms with van der Waals surface area (Å²) in [5, 5.41) is 12.2. The van der Waals surface area contributed by atoms with Gasteiger partial charge in [-0.3, -0.25) is 4.79 Å². The minimum absolute atomic E-state index is 0.137. The number of carboxylic acid groups (broad SMARTS) is 1. The van der Waals surface area contributed by atoms with Gasteiger partial charge >= 0.3 is 5.97 Å². The number of aliphatic carboxylic acids is 1. The average molecular weight is 273 g/mol. The van der Waals surface area contributed by atoms with Gasteiger partial charge in [-0.2, -0.15) is 0 Å². The first kappa shape index (κ1) is 14.3. The summed E-state index contributed by atoms with van der Waals surface area (Å²) in [6, 6.07) is 8.79. The number of benzene rings is 1. The lowest BCUT2D eigenvalue weighted by molar-refractivity contribution is -0.148. The molecule has 1 aliphatic rings. The number of carbonyl (C=O) groups is 2. The molecule has 1 aromatic carbocycles. The Morgan fingerprint density at radius 1 is 1.25 bits per heavy atom. The Bertz CT molecular complexity index is 524. The van der Waals surface area contributed by atoms with Gasteiger partial charge in [-0.25, -0.2) is 4.79 Å². The fourth-order valence-corrected chi connectivity index (χ4v) is 2.40. The van der Waals surface area contributed by atoms with E-state index in [9.17, 15) is 14.7 Å². The van der Waals surface area contributed by atoms with Gasteiger partial charge in [-0.1, -0.05) is 42.5 Å². The van der Waals surface area contributed by atoms with Crippen molar-refractivity contribution in [3.05, 3.63) is 48.0 Å². The fraction of sp³-hybridized carbons (Fsp3) is 0.375. The van der Waals surface area contributed by atoms with Crippen LogP contribution in [0, 0.1) is 5.92 Å². The normalized spacial score (nSPS) is 20.9. The van der Waals surface area contributed by atoms with Crippen LogP contribution in [-0.2, 0) is 15.1 Å². The molecule has 0 spiro atoms. The summed E-state index contributed by atoms with van der Waals surface area (Å²) < 4.78 is 0. The third-order valence-corrected chi connectivity index (χ3v) is 3.79. The van der Waals surface area contributed by atoms with Crippen molar-refractivity contribution in [1.82, 2.24) is 5.32 Å². The van der Waals surface area contributed by atoms with Gasteiger partial charge in [0.25, 0.3) is 0 Å². The SMILES string of the molecule is CC(NC(=O)C1CC=CCC1)(C(=O)O)c1ccccc1. The minimum atomic E-state index is -1.39. The highest BCUT2D eigenvalue weighted by atomic mass is 16.4. The maximum absolute atomic E-state index is 12.3. The molecule has 20 heavy (non-hydrogen) atoms. The molecule has 4 nitrogen and oxygen atoms in total. The molecule has 0 aliphatic heterocycles. The zero-order chi connectivity index (χ0) is 14.6.